The predicted octanol–water partition coefficient (Wildman–Crippen LogP) is 2.81. The van der Waals surface area contributed by atoms with Crippen LogP contribution in [0.3, 0.4) is 0 Å². The minimum atomic E-state index is 0.455. The Kier molecular flexibility index (Phi) is 5.98. The highest BCUT2D eigenvalue weighted by Crippen LogP contribution is 2.30. The Bertz CT molecular complexity index is 888. The first kappa shape index (κ1) is 19.0. The van der Waals surface area contributed by atoms with Gasteiger partial charge >= 0.3 is 0 Å². The third-order valence-corrected chi connectivity index (χ3v) is 5.60. The first-order valence-corrected chi connectivity index (χ1v) is 10.3. The van der Waals surface area contributed by atoms with Crippen LogP contribution in [0.4, 0.5) is 0 Å². The van der Waals surface area contributed by atoms with Crippen molar-refractivity contribution in [3.05, 3.63) is 54.0 Å². The van der Waals surface area contributed by atoms with E-state index in [1.54, 1.807) is 12.4 Å². The Labute approximate surface area is 167 Å². The molecule has 0 bridgehead atoms. The lowest BCUT2D eigenvalue weighted by molar-refractivity contribution is 0.329. The fourth-order valence-corrected chi connectivity index (χ4v) is 4.06. The number of aryl methyl sites for hydroxylation is 1. The summed E-state index contributed by atoms with van der Waals surface area (Å²) >= 11 is 0. The van der Waals surface area contributed by atoms with Crippen LogP contribution in [-0.4, -0.2) is 69.8 Å². The van der Waals surface area contributed by atoms with Crippen LogP contribution in [0.2, 0.25) is 0 Å². The lowest BCUT2D eigenvalue weighted by atomic mass is 10.0. The van der Waals surface area contributed by atoms with Crippen molar-refractivity contribution in [2.45, 2.75) is 31.7 Å². The maximum atomic E-state index is 4.94. The van der Waals surface area contributed by atoms with Gasteiger partial charge in [-0.3, -0.25) is 0 Å². The number of aromatic nitrogens is 4. The molecule has 6 nitrogen and oxygen atoms in total. The summed E-state index contributed by atoms with van der Waals surface area (Å²) in [6.45, 7) is 5.16. The molecule has 1 unspecified atom stereocenters. The van der Waals surface area contributed by atoms with Gasteiger partial charge in [0.05, 0.1) is 12.2 Å². The van der Waals surface area contributed by atoms with Crippen molar-refractivity contribution in [3.8, 4) is 0 Å². The zero-order valence-electron chi connectivity index (χ0n) is 17.0. The number of hydrogen-bond acceptors (Lipinski definition) is 5. The van der Waals surface area contributed by atoms with Crippen LogP contribution in [0.5, 0.6) is 0 Å². The SMILES string of the molecule is CN(C)CCn1nc(C2CCN(CCCc3ccccc3)C2)c2nccnc21. The molecule has 6 heteroatoms. The molecular formula is C22H30N6. The number of benzene rings is 1. The van der Waals surface area contributed by atoms with Crippen molar-refractivity contribution in [2.75, 3.05) is 40.3 Å². The average molecular weight is 379 g/mol. The minimum Gasteiger partial charge on any atom is -0.308 e. The van der Waals surface area contributed by atoms with Crippen molar-refractivity contribution in [3.63, 3.8) is 0 Å². The maximum absolute atomic E-state index is 4.94. The summed E-state index contributed by atoms with van der Waals surface area (Å²) in [6, 6.07) is 10.8. The molecule has 3 heterocycles. The molecule has 0 saturated carbocycles. The van der Waals surface area contributed by atoms with Gasteiger partial charge in [-0.15, -0.1) is 0 Å². The van der Waals surface area contributed by atoms with Crippen LogP contribution >= 0.6 is 0 Å². The lowest BCUT2D eigenvalue weighted by Gasteiger charge is -2.15. The van der Waals surface area contributed by atoms with Gasteiger partial charge in [-0.05, 0) is 52.0 Å². The molecule has 1 saturated heterocycles. The Morgan fingerprint density at radius 2 is 1.89 bits per heavy atom. The van der Waals surface area contributed by atoms with E-state index in [9.17, 15) is 0 Å². The van der Waals surface area contributed by atoms with Crippen LogP contribution in [-0.2, 0) is 13.0 Å². The smallest absolute Gasteiger partial charge is 0.177 e. The quantitative estimate of drug-likeness (QED) is 0.603. The summed E-state index contributed by atoms with van der Waals surface area (Å²) in [5.41, 5.74) is 4.46. The molecule has 1 atom stereocenters. The van der Waals surface area contributed by atoms with Crippen LogP contribution in [0.15, 0.2) is 42.7 Å². The molecule has 1 fully saturated rings. The molecule has 0 spiro atoms. The van der Waals surface area contributed by atoms with Crippen LogP contribution in [0, 0.1) is 0 Å². The third kappa shape index (κ3) is 4.39. The monoisotopic (exact) mass is 378 g/mol. The van der Waals surface area contributed by atoms with Gasteiger partial charge in [0.2, 0.25) is 0 Å². The highest BCUT2D eigenvalue weighted by atomic mass is 15.3. The molecule has 4 rings (SSSR count). The zero-order valence-corrected chi connectivity index (χ0v) is 17.0. The van der Waals surface area contributed by atoms with Gasteiger partial charge in [0.25, 0.3) is 0 Å². The van der Waals surface area contributed by atoms with Gasteiger partial charge in [-0.25, -0.2) is 14.6 Å². The molecule has 28 heavy (non-hydrogen) atoms. The number of nitrogens with zero attached hydrogens (tertiary/aromatic N) is 6. The van der Waals surface area contributed by atoms with Gasteiger partial charge in [0.1, 0.15) is 5.52 Å². The fraction of sp³-hybridized carbons (Fsp3) is 0.500. The van der Waals surface area contributed by atoms with Gasteiger partial charge in [-0.2, -0.15) is 5.10 Å². The van der Waals surface area contributed by atoms with E-state index in [1.807, 2.05) is 4.68 Å². The average Bonchev–Trinajstić information content (AvgIpc) is 3.32. The fourth-order valence-electron chi connectivity index (χ4n) is 4.06. The summed E-state index contributed by atoms with van der Waals surface area (Å²) < 4.78 is 2.04. The molecule has 1 aliphatic rings. The van der Waals surface area contributed by atoms with Gasteiger partial charge in [0, 0.05) is 31.4 Å². The summed E-state index contributed by atoms with van der Waals surface area (Å²) in [4.78, 5) is 13.9. The van der Waals surface area contributed by atoms with Gasteiger partial charge in [-0.1, -0.05) is 30.3 Å². The van der Waals surface area contributed by atoms with E-state index < -0.39 is 0 Å². The summed E-state index contributed by atoms with van der Waals surface area (Å²) in [5.74, 6) is 0.455. The largest absolute Gasteiger partial charge is 0.308 e. The summed E-state index contributed by atoms with van der Waals surface area (Å²) in [7, 11) is 4.17. The maximum Gasteiger partial charge on any atom is 0.177 e. The number of hydrogen-bond donors (Lipinski definition) is 0. The van der Waals surface area contributed by atoms with E-state index in [-0.39, 0.29) is 0 Å². The molecule has 0 radical (unpaired) electrons. The van der Waals surface area contributed by atoms with E-state index >= 15 is 0 Å². The summed E-state index contributed by atoms with van der Waals surface area (Å²) in [5, 5.41) is 4.94. The van der Waals surface area contributed by atoms with Crippen molar-refractivity contribution in [1.29, 1.82) is 0 Å². The van der Waals surface area contributed by atoms with Crippen molar-refractivity contribution in [2.24, 2.45) is 0 Å². The Balaban J connectivity index is 1.40. The Morgan fingerprint density at radius 3 is 2.71 bits per heavy atom. The second-order valence-electron chi connectivity index (χ2n) is 8.02. The number of rotatable bonds is 8. The van der Waals surface area contributed by atoms with E-state index in [2.05, 4.69) is 64.2 Å². The molecule has 0 aliphatic carbocycles. The second-order valence-corrected chi connectivity index (χ2v) is 8.02. The zero-order chi connectivity index (χ0) is 19.3. The standard InChI is InChI=1S/C22H30N6/c1-26(2)15-16-28-22-21(23-11-12-24-22)20(25-28)19-10-14-27(17-19)13-6-9-18-7-4-3-5-8-18/h3-5,7-8,11-12,19H,6,9-10,13-17H2,1-2H3. The molecule has 2 aromatic heterocycles. The molecule has 148 valence electrons. The first-order valence-electron chi connectivity index (χ1n) is 10.3. The van der Waals surface area contributed by atoms with E-state index in [1.165, 1.54) is 12.0 Å². The van der Waals surface area contributed by atoms with Crippen LogP contribution < -0.4 is 0 Å². The second kappa shape index (κ2) is 8.80. The van der Waals surface area contributed by atoms with Crippen LogP contribution in [0.25, 0.3) is 11.2 Å². The highest BCUT2D eigenvalue weighted by Gasteiger charge is 2.28. The van der Waals surface area contributed by atoms with E-state index in [0.717, 1.165) is 62.4 Å². The number of likely N-dealkylation sites (N-methyl/N-ethyl adjacent to an activating group) is 1. The van der Waals surface area contributed by atoms with Gasteiger partial charge in [0.15, 0.2) is 5.65 Å². The van der Waals surface area contributed by atoms with E-state index in [4.69, 9.17) is 5.10 Å². The summed E-state index contributed by atoms with van der Waals surface area (Å²) in [6.07, 6.45) is 7.06. The highest BCUT2D eigenvalue weighted by molar-refractivity contribution is 5.73. The normalized spacial score (nSPS) is 17.8. The Hall–Kier alpha value is -2.31. The Morgan fingerprint density at radius 1 is 1.07 bits per heavy atom. The predicted molar refractivity (Wildman–Crippen MR) is 112 cm³/mol. The van der Waals surface area contributed by atoms with Crippen LogP contribution in [0.1, 0.15) is 30.0 Å². The van der Waals surface area contributed by atoms with Gasteiger partial charge < -0.3 is 9.80 Å². The molecule has 0 N–H and O–H groups in total. The number of likely N-dealkylation sites (tertiary alicyclic amines) is 1. The molecule has 0 amide bonds. The topological polar surface area (TPSA) is 50.1 Å². The van der Waals surface area contributed by atoms with E-state index in [0.29, 0.717) is 5.92 Å². The van der Waals surface area contributed by atoms with Crippen molar-refractivity contribution >= 4 is 11.2 Å². The van der Waals surface area contributed by atoms with Crippen molar-refractivity contribution in [1.82, 2.24) is 29.5 Å². The molecule has 1 aromatic carbocycles. The molecule has 1 aliphatic heterocycles. The minimum absolute atomic E-state index is 0.455. The first-order chi connectivity index (χ1) is 13.7. The molecule has 3 aromatic rings. The van der Waals surface area contributed by atoms with Crippen molar-refractivity contribution < 1.29 is 0 Å². The number of fused-ring (bicyclic) bond motifs is 1. The third-order valence-electron chi connectivity index (χ3n) is 5.60. The molecular weight excluding hydrogens is 348 g/mol. The lowest BCUT2D eigenvalue weighted by Crippen LogP contribution is -2.22.